The molecule has 4 aliphatic rings. The first kappa shape index (κ1) is 67.4. The number of anilines is 12. The van der Waals surface area contributed by atoms with E-state index in [1.807, 2.05) is 24.3 Å². The highest BCUT2D eigenvalue weighted by atomic mass is 15.2. The van der Waals surface area contributed by atoms with Crippen molar-refractivity contribution in [2.45, 2.75) is 77.0 Å². The van der Waals surface area contributed by atoms with Gasteiger partial charge in [0.25, 0.3) is 0 Å². The summed E-state index contributed by atoms with van der Waals surface area (Å²) in [5.41, 5.74) is 32.2. The second kappa shape index (κ2) is 26.1. The van der Waals surface area contributed by atoms with Gasteiger partial charge in [-0.15, -0.1) is 0 Å². The van der Waals surface area contributed by atoms with Crippen molar-refractivity contribution in [1.29, 1.82) is 21.0 Å². The van der Waals surface area contributed by atoms with Crippen LogP contribution in [0.25, 0.3) is 44.5 Å². The van der Waals surface area contributed by atoms with Crippen molar-refractivity contribution < 1.29 is 0 Å². The van der Waals surface area contributed by atoms with E-state index < -0.39 is 0 Å². The second-order valence-electron chi connectivity index (χ2n) is 30.5. The van der Waals surface area contributed by atoms with E-state index in [0.29, 0.717) is 22.3 Å². The van der Waals surface area contributed by atoms with Crippen LogP contribution in [0.4, 0.5) is 68.2 Å². The molecule has 0 spiro atoms. The van der Waals surface area contributed by atoms with Crippen LogP contribution in [0.1, 0.15) is 122 Å². The Balaban J connectivity index is 0.000000158. The lowest BCUT2D eigenvalue weighted by molar-refractivity contribution is 0.632. The molecule has 8 nitrogen and oxygen atoms in total. The third kappa shape index (κ3) is 10.8. The van der Waals surface area contributed by atoms with Crippen LogP contribution in [-0.4, -0.2) is 0 Å². The summed E-state index contributed by atoms with van der Waals surface area (Å²) in [6.07, 6.45) is 0. The van der Waals surface area contributed by atoms with Gasteiger partial charge < -0.3 is 19.6 Å². The molecule has 8 heteroatoms. The molecule has 0 saturated heterocycles. The molecule has 0 aromatic heterocycles. The Labute approximate surface area is 633 Å². The SMILES string of the molecule is CC1(C)c2ccccc2N(c2ccc(-c3cc(C#N)c(C#N)cc3-c3ccc(N4c5ccccc5C(C)(C)c5ccccc54)cc3)cc2)c2ccccc21.CC1(C)c2ccccc2N(c2ccc(-c3cc(C#N)c(C#N)cc3-c3ccc(N4c5ccccc5C(C)(C)c5ccccc54)cc3)cc2)c2ccccc21. The molecule has 4 heterocycles. The normalized spacial score (nSPS) is 14.5. The molecule has 0 amide bonds. The first-order valence-corrected chi connectivity index (χ1v) is 36.8. The fourth-order valence-corrected chi connectivity index (χ4v) is 17.5. The van der Waals surface area contributed by atoms with Crippen LogP contribution in [0.3, 0.4) is 0 Å². The third-order valence-corrected chi connectivity index (χ3v) is 23.1. The van der Waals surface area contributed by atoms with Crippen molar-refractivity contribution in [2.75, 3.05) is 19.6 Å². The molecule has 18 rings (SSSR count). The van der Waals surface area contributed by atoms with Crippen molar-refractivity contribution in [3.8, 4) is 68.8 Å². The van der Waals surface area contributed by atoms with Crippen LogP contribution in [0.5, 0.6) is 0 Å². The molecule has 0 fully saturated rings. The zero-order valence-corrected chi connectivity index (χ0v) is 61.6. The Morgan fingerprint density at radius 3 is 0.472 bits per heavy atom. The number of hydrogen-bond donors (Lipinski definition) is 0. The van der Waals surface area contributed by atoms with E-state index in [0.717, 1.165) is 67.3 Å². The molecule has 14 aromatic rings. The van der Waals surface area contributed by atoms with Crippen LogP contribution < -0.4 is 19.6 Å². The Hall–Kier alpha value is -13.8. The molecule has 516 valence electrons. The maximum Gasteiger partial charge on any atom is 0.101 e. The number of para-hydroxylation sites is 8. The average molecular weight is 1390 g/mol. The molecule has 108 heavy (non-hydrogen) atoms. The summed E-state index contributed by atoms with van der Waals surface area (Å²) >= 11 is 0. The van der Waals surface area contributed by atoms with Gasteiger partial charge in [0.15, 0.2) is 0 Å². The number of nitriles is 4. The van der Waals surface area contributed by atoms with Gasteiger partial charge in [-0.2, -0.15) is 21.0 Å². The van der Waals surface area contributed by atoms with Gasteiger partial charge in [0.1, 0.15) is 24.3 Å². The first-order chi connectivity index (χ1) is 52.4. The Morgan fingerprint density at radius 2 is 0.333 bits per heavy atom. The molecule has 0 saturated carbocycles. The highest BCUT2D eigenvalue weighted by Gasteiger charge is 2.41. The number of hydrogen-bond acceptors (Lipinski definition) is 8. The van der Waals surface area contributed by atoms with Gasteiger partial charge >= 0.3 is 0 Å². The number of nitrogens with zero attached hydrogens (tertiary/aromatic N) is 8. The minimum Gasteiger partial charge on any atom is -0.310 e. The van der Waals surface area contributed by atoms with Gasteiger partial charge in [-0.05, 0) is 210 Å². The molecule has 0 bridgehead atoms. The molecule has 0 aliphatic carbocycles. The maximum atomic E-state index is 10.1. The van der Waals surface area contributed by atoms with Gasteiger partial charge in [-0.25, -0.2) is 0 Å². The molecule has 0 atom stereocenters. The van der Waals surface area contributed by atoms with Crippen molar-refractivity contribution in [1.82, 2.24) is 0 Å². The summed E-state index contributed by atoms with van der Waals surface area (Å²) in [5, 5.41) is 40.4. The minimum absolute atomic E-state index is 0.137. The molecule has 0 unspecified atom stereocenters. The standard InChI is InChI=1S/2C50H38N4/c2*1-49(2)41-13-5-9-17-45(41)53(46-18-10-6-14-42(46)49)37-25-21-33(22-26-37)39-29-35(31-51)36(32-52)30-40(39)34-23-27-38(28-24-34)54-47-19-11-7-15-43(47)50(3,4)44-16-8-12-20-48(44)54/h2*5-30H,1-4H3. The van der Waals surface area contributed by atoms with Crippen LogP contribution >= 0.6 is 0 Å². The van der Waals surface area contributed by atoms with E-state index >= 15 is 0 Å². The number of benzene rings is 14. The predicted molar refractivity (Wildman–Crippen MR) is 441 cm³/mol. The molecule has 14 aromatic carbocycles. The topological polar surface area (TPSA) is 108 Å². The highest BCUT2D eigenvalue weighted by Crippen LogP contribution is 2.57. The smallest absolute Gasteiger partial charge is 0.101 e. The molecular weight excluding hydrogens is 1310 g/mol. The average Bonchev–Trinajstić information content (AvgIpc) is 0.744. The van der Waals surface area contributed by atoms with Crippen molar-refractivity contribution >= 4 is 68.2 Å². The van der Waals surface area contributed by atoms with Crippen LogP contribution in [0.15, 0.2) is 315 Å². The first-order valence-electron chi connectivity index (χ1n) is 36.8. The van der Waals surface area contributed by atoms with Crippen LogP contribution in [-0.2, 0) is 21.7 Å². The summed E-state index contributed by atoms with van der Waals surface area (Å²) in [5.74, 6) is 0. The lowest BCUT2D eigenvalue weighted by Crippen LogP contribution is -2.30. The number of rotatable bonds is 8. The predicted octanol–water partition coefficient (Wildman–Crippen LogP) is 26.0. The van der Waals surface area contributed by atoms with E-state index in [1.54, 1.807) is 0 Å². The van der Waals surface area contributed by atoms with Crippen molar-refractivity contribution in [2.24, 2.45) is 0 Å². The maximum absolute atomic E-state index is 10.1. The monoisotopic (exact) mass is 1390 g/mol. The Kier molecular flexibility index (Phi) is 16.3. The van der Waals surface area contributed by atoms with Crippen LogP contribution in [0.2, 0.25) is 0 Å². The van der Waals surface area contributed by atoms with E-state index in [1.165, 1.54) is 90.0 Å². The number of fused-ring (bicyclic) bond motifs is 8. The minimum atomic E-state index is -0.137. The second-order valence-corrected chi connectivity index (χ2v) is 30.5. The quantitative estimate of drug-likeness (QED) is 0.148. The van der Waals surface area contributed by atoms with Gasteiger partial charge in [-0.3, -0.25) is 0 Å². The van der Waals surface area contributed by atoms with Gasteiger partial charge in [-0.1, -0.05) is 250 Å². The zero-order valence-electron chi connectivity index (χ0n) is 61.6. The fraction of sp³-hybridized carbons (Fsp3) is 0.120. The van der Waals surface area contributed by atoms with Gasteiger partial charge in [0.05, 0.1) is 67.8 Å². The summed E-state index contributed by atoms with van der Waals surface area (Å²) in [7, 11) is 0. The lowest BCUT2D eigenvalue weighted by Gasteiger charge is -2.42. The Morgan fingerprint density at radius 1 is 0.194 bits per heavy atom. The molecule has 0 radical (unpaired) electrons. The fourth-order valence-electron chi connectivity index (χ4n) is 17.5. The molecular formula is C100H76N8. The zero-order chi connectivity index (χ0) is 74.4. The van der Waals surface area contributed by atoms with Crippen molar-refractivity contribution in [3.05, 3.63) is 382 Å². The summed E-state index contributed by atoms with van der Waals surface area (Å²) in [6.45, 7) is 18.3. The van der Waals surface area contributed by atoms with E-state index in [2.05, 4.69) is 390 Å². The largest absolute Gasteiger partial charge is 0.310 e. The third-order valence-electron chi connectivity index (χ3n) is 23.1. The lowest BCUT2D eigenvalue weighted by atomic mass is 9.73. The van der Waals surface area contributed by atoms with Crippen molar-refractivity contribution in [3.63, 3.8) is 0 Å². The summed E-state index contributed by atoms with van der Waals surface area (Å²) < 4.78 is 0. The van der Waals surface area contributed by atoms with Gasteiger partial charge in [0.2, 0.25) is 0 Å². The van der Waals surface area contributed by atoms with E-state index in [9.17, 15) is 21.0 Å². The summed E-state index contributed by atoms with van der Waals surface area (Å²) in [6, 6.07) is 120. The molecule has 0 N–H and O–H groups in total. The highest BCUT2D eigenvalue weighted by molar-refractivity contribution is 5.95. The molecule has 4 aliphatic heterocycles. The van der Waals surface area contributed by atoms with E-state index in [4.69, 9.17) is 0 Å². The summed E-state index contributed by atoms with van der Waals surface area (Å²) in [4.78, 5) is 9.38. The Bertz CT molecular complexity index is 5180. The van der Waals surface area contributed by atoms with Gasteiger partial charge in [0, 0.05) is 44.4 Å². The van der Waals surface area contributed by atoms with E-state index in [-0.39, 0.29) is 21.7 Å². The van der Waals surface area contributed by atoms with Crippen LogP contribution in [0, 0.1) is 45.3 Å².